The van der Waals surface area contributed by atoms with Crippen LogP contribution in [0.3, 0.4) is 0 Å². The predicted octanol–water partition coefficient (Wildman–Crippen LogP) is 1.96. The molecule has 0 aliphatic carbocycles. The third kappa shape index (κ3) is 3.21. The Morgan fingerprint density at radius 3 is 2.29 bits per heavy atom. The SMILES string of the molecule is C/C=C(/SC)[Se]C. The summed E-state index contributed by atoms with van der Waals surface area (Å²) in [5.41, 5.74) is 0. The molecule has 0 aliphatic heterocycles. The van der Waals surface area contributed by atoms with Crippen LogP contribution in [0.1, 0.15) is 6.92 Å². The van der Waals surface area contributed by atoms with E-state index >= 15 is 0 Å². The van der Waals surface area contributed by atoms with Crippen molar-refractivity contribution in [2.24, 2.45) is 0 Å². The molecule has 0 saturated carbocycles. The first-order valence-electron chi connectivity index (χ1n) is 2.09. The minimum absolute atomic E-state index is 0.716. The molecule has 0 spiro atoms. The topological polar surface area (TPSA) is 0 Å². The van der Waals surface area contributed by atoms with Crippen molar-refractivity contribution in [3.63, 3.8) is 0 Å². The summed E-state index contributed by atoms with van der Waals surface area (Å²) in [6, 6.07) is 0. The fourth-order valence-corrected chi connectivity index (χ4v) is 2.26. The average Bonchev–Trinajstić information content (AvgIpc) is 1.72. The monoisotopic (exact) mass is 182 g/mol. The van der Waals surface area contributed by atoms with Gasteiger partial charge in [-0.2, -0.15) is 0 Å². The third-order valence-electron chi connectivity index (χ3n) is 0.638. The molecule has 2 heteroatoms. The summed E-state index contributed by atoms with van der Waals surface area (Å²) in [6.07, 6.45) is 4.31. The average molecular weight is 181 g/mol. The van der Waals surface area contributed by atoms with Crippen molar-refractivity contribution in [3.05, 3.63) is 9.88 Å². The molecule has 7 heavy (non-hydrogen) atoms. The molecule has 0 heterocycles. The predicted molar refractivity (Wildman–Crippen MR) is 38.9 cm³/mol. The van der Waals surface area contributed by atoms with E-state index in [1.807, 2.05) is 11.8 Å². The van der Waals surface area contributed by atoms with Crippen molar-refractivity contribution in [3.8, 4) is 0 Å². The van der Waals surface area contributed by atoms with Crippen molar-refractivity contribution in [2.45, 2.75) is 12.7 Å². The first-order chi connectivity index (χ1) is 3.35. The van der Waals surface area contributed by atoms with E-state index in [-0.39, 0.29) is 0 Å². The molecule has 0 aromatic carbocycles. The van der Waals surface area contributed by atoms with Crippen LogP contribution in [0.2, 0.25) is 5.82 Å². The number of hydrogen-bond donors (Lipinski definition) is 0. The second kappa shape index (κ2) is 4.76. The van der Waals surface area contributed by atoms with Gasteiger partial charge in [0.1, 0.15) is 0 Å². The van der Waals surface area contributed by atoms with E-state index in [1.54, 1.807) is 0 Å². The molecule has 0 amide bonds. The van der Waals surface area contributed by atoms with Crippen LogP contribution >= 0.6 is 11.8 Å². The maximum absolute atomic E-state index is 2.23. The zero-order valence-corrected chi connectivity index (χ0v) is 7.42. The van der Waals surface area contributed by atoms with Gasteiger partial charge in [-0.3, -0.25) is 0 Å². The van der Waals surface area contributed by atoms with Gasteiger partial charge in [-0.05, 0) is 0 Å². The Balaban J connectivity index is 3.38. The maximum atomic E-state index is 2.23. The van der Waals surface area contributed by atoms with Crippen molar-refractivity contribution in [1.82, 2.24) is 0 Å². The van der Waals surface area contributed by atoms with E-state index in [4.69, 9.17) is 0 Å². The van der Waals surface area contributed by atoms with Crippen LogP contribution in [0.4, 0.5) is 0 Å². The molecule has 0 aromatic heterocycles. The zero-order valence-electron chi connectivity index (χ0n) is 4.89. The Kier molecular flexibility index (Phi) is 5.18. The van der Waals surface area contributed by atoms with E-state index in [0.29, 0.717) is 15.0 Å². The summed E-state index contributed by atoms with van der Waals surface area (Å²) in [5.74, 6) is 2.23. The molecule has 0 fully saturated rings. The number of thioether (sulfide) groups is 1. The molecule has 0 atom stereocenters. The molecule has 0 aliphatic rings. The van der Waals surface area contributed by atoms with Crippen LogP contribution in [-0.4, -0.2) is 21.2 Å². The molecule has 0 N–H and O–H groups in total. The van der Waals surface area contributed by atoms with Crippen LogP contribution in [-0.2, 0) is 0 Å². The second-order valence-electron chi connectivity index (χ2n) is 1.02. The van der Waals surface area contributed by atoms with Crippen LogP contribution in [0.25, 0.3) is 0 Å². The van der Waals surface area contributed by atoms with Crippen LogP contribution in [0, 0.1) is 0 Å². The molecule has 0 rings (SSSR count). The van der Waals surface area contributed by atoms with E-state index in [2.05, 4.69) is 25.1 Å². The molecule has 0 radical (unpaired) electrons. The Bertz CT molecular complexity index is 62.5. The molecule has 0 aromatic rings. The molecule has 0 saturated heterocycles. The van der Waals surface area contributed by atoms with Gasteiger partial charge in [0.05, 0.1) is 0 Å². The van der Waals surface area contributed by atoms with E-state index in [0.717, 1.165) is 0 Å². The van der Waals surface area contributed by atoms with Gasteiger partial charge in [0.25, 0.3) is 0 Å². The summed E-state index contributed by atoms with van der Waals surface area (Å²) in [6.45, 7) is 2.09. The number of hydrogen-bond acceptors (Lipinski definition) is 1. The number of rotatable bonds is 2. The van der Waals surface area contributed by atoms with Crippen molar-refractivity contribution >= 4 is 26.7 Å². The van der Waals surface area contributed by atoms with Gasteiger partial charge in [0, 0.05) is 0 Å². The first kappa shape index (κ1) is 7.61. The molecule has 42 valence electrons. The fraction of sp³-hybridized carbons (Fsp3) is 0.600. The van der Waals surface area contributed by atoms with Crippen molar-refractivity contribution in [1.29, 1.82) is 0 Å². The van der Waals surface area contributed by atoms with Crippen LogP contribution in [0.15, 0.2) is 9.88 Å². The van der Waals surface area contributed by atoms with Crippen LogP contribution < -0.4 is 0 Å². The van der Waals surface area contributed by atoms with Crippen molar-refractivity contribution in [2.75, 3.05) is 6.26 Å². The molecule has 0 bridgehead atoms. The third-order valence-corrected chi connectivity index (χ3v) is 4.53. The van der Waals surface area contributed by atoms with Crippen molar-refractivity contribution < 1.29 is 0 Å². The fourth-order valence-electron chi connectivity index (χ4n) is 0.319. The van der Waals surface area contributed by atoms with Crippen LogP contribution in [0.5, 0.6) is 0 Å². The summed E-state index contributed by atoms with van der Waals surface area (Å²) in [5, 5.41) is 0. The normalized spacial score (nSPS) is 12.1. The molecule has 0 nitrogen and oxygen atoms in total. The molecular weight excluding hydrogens is 171 g/mol. The first-order valence-corrected chi connectivity index (χ1v) is 5.89. The van der Waals surface area contributed by atoms with Gasteiger partial charge < -0.3 is 0 Å². The van der Waals surface area contributed by atoms with Gasteiger partial charge in [0.2, 0.25) is 0 Å². The Morgan fingerprint density at radius 2 is 2.29 bits per heavy atom. The van der Waals surface area contributed by atoms with E-state index < -0.39 is 0 Å². The van der Waals surface area contributed by atoms with Gasteiger partial charge in [-0.25, -0.2) is 0 Å². The Morgan fingerprint density at radius 1 is 1.71 bits per heavy atom. The van der Waals surface area contributed by atoms with Gasteiger partial charge in [-0.1, -0.05) is 0 Å². The zero-order chi connectivity index (χ0) is 5.70. The Hall–Kier alpha value is 0.609. The van der Waals surface area contributed by atoms with Gasteiger partial charge in [-0.15, -0.1) is 0 Å². The summed E-state index contributed by atoms with van der Waals surface area (Å²) < 4.78 is 1.53. The Labute approximate surface area is 55.9 Å². The van der Waals surface area contributed by atoms with Gasteiger partial charge in [0.15, 0.2) is 0 Å². The number of allylic oxidation sites excluding steroid dienone is 1. The summed E-state index contributed by atoms with van der Waals surface area (Å²) in [7, 11) is 0. The quantitative estimate of drug-likeness (QED) is 0.587. The summed E-state index contributed by atoms with van der Waals surface area (Å²) >= 11 is 2.58. The minimum atomic E-state index is 0.716. The standard InChI is InChI=1S/C5H10SSe/c1-4-5(6-2)7-3/h4H,1-3H3/b5-4-. The van der Waals surface area contributed by atoms with Gasteiger partial charge >= 0.3 is 55.6 Å². The van der Waals surface area contributed by atoms with E-state index in [1.165, 1.54) is 3.80 Å². The second-order valence-corrected chi connectivity index (χ2v) is 4.23. The summed E-state index contributed by atoms with van der Waals surface area (Å²) in [4.78, 5) is 0. The molecular formula is C5H10SSe. The van der Waals surface area contributed by atoms with E-state index in [9.17, 15) is 0 Å². The molecule has 0 unspecified atom stereocenters.